The topological polar surface area (TPSA) is 65.7 Å². The molecule has 0 aliphatic heterocycles. The quantitative estimate of drug-likeness (QED) is 0.745. The number of nitrogens with one attached hydrogen (secondary N) is 2. The first-order valence-electron chi connectivity index (χ1n) is 4.98. The first-order valence-corrected chi connectivity index (χ1v) is 4.98. The fourth-order valence-electron chi connectivity index (χ4n) is 0.771. The van der Waals surface area contributed by atoms with E-state index in [0.29, 0.717) is 18.4 Å². The van der Waals surface area contributed by atoms with E-state index >= 15 is 0 Å². The lowest BCUT2D eigenvalue weighted by Crippen LogP contribution is -2.25. The highest BCUT2D eigenvalue weighted by atomic mass is 19.1. The second kappa shape index (κ2) is 14.1. The number of alkyl halides is 1. The Kier molecular flexibility index (Phi) is 17.0. The Morgan fingerprint density at radius 2 is 1.53 bits per heavy atom. The van der Waals surface area contributed by atoms with Gasteiger partial charge in [0.25, 0.3) is 5.56 Å². The van der Waals surface area contributed by atoms with Gasteiger partial charge in [0.1, 0.15) is 0 Å². The van der Waals surface area contributed by atoms with Gasteiger partial charge in [-0.05, 0) is 13.0 Å². The molecule has 0 atom stereocenters. The normalized spacial score (nSPS) is 7.12. The first kappa shape index (κ1) is 20.5. The summed E-state index contributed by atoms with van der Waals surface area (Å²) < 4.78 is 9.50. The number of H-pyrrole nitrogens is 2. The van der Waals surface area contributed by atoms with E-state index in [-0.39, 0.29) is 5.56 Å². The van der Waals surface area contributed by atoms with Crippen molar-refractivity contribution in [2.45, 2.75) is 20.8 Å². The second-order valence-corrected chi connectivity index (χ2v) is 2.15. The van der Waals surface area contributed by atoms with Crippen LogP contribution in [0.5, 0.6) is 0 Å². The number of aromatic nitrogens is 2. The maximum Gasteiger partial charge on any atom is 0.326 e. The molecule has 98 valence electrons. The van der Waals surface area contributed by atoms with Crippen LogP contribution in [0.1, 0.15) is 25.1 Å². The largest absolute Gasteiger partial charge is 0.326 e. The highest BCUT2D eigenvalue weighted by molar-refractivity contribution is 5.44. The van der Waals surface area contributed by atoms with Crippen molar-refractivity contribution in [3.63, 3.8) is 0 Å². The van der Waals surface area contributed by atoms with E-state index in [0.717, 1.165) is 0 Å². The second-order valence-electron chi connectivity index (χ2n) is 2.15. The lowest BCUT2D eigenvalue weighted by atomic mass is 10.2. The molecule has 0 aromatic carbocycles. The third-order valence-corrected chi connectivity index (χ3v) is 1.42. The molecule has 0 bridgehead atoms. The number of aromatic amines is 2. The Labute approximate surface area is 101 Å². The van der Waals surface area contributed by atoms with E-state index in [1.165, 1.54) is 6.08 Å². The highest BCUT2D eigenvalue weighted by Gasteiger charge is 1.98. The number of rotatable bonds is 1. The fraction of sp³-hybridized carbons (Fsp3) is 0.333. The summed E-state index contributed by atoms with van der Waals surface area (Å²) in [5.74, 6) is 0. The van der Waals surface area contributed by atoms with Crippen LogP contribution in [0.25, 0.3) is 6.08 Å². The van der Waals surface area contributed by atoms with Crippen molar-refractivity contribution in [3.8, 4) is 0 Å². The summed E-state index contributed by atoms with van der Waals surface area (Å²) >= 11 is 0. The highest BCUT2D eigenvalue weighted by Crippen LogP contribution is 1.94. The first-order chi connectivity index (χ1) is 8.15. The molecule has 0 aliphatic rings. The summed E-state index contributed by atoms with van der Waals surface area (Å²) in [6, 6.07) is 0. The molecule has 0 saturated heterocycles. The van der Waals surface area contributed by atoms with Gasteiger partial charge >= 0.3 is 5.69 Å². The molecule has 2 N–H and O–H groups in total. The van der Waals surface area contributed by atoms with E-state index in [2.05, 4.69) is 29.7 Å². The molecule has 0 unspecified atom stereocenters. The van der Waals surface area contributed by atoms with Gasteiger partial charge in [0.15, 0.2) is 0 Å². The van der Waals surface area contributed by atoms with Crippen LogP contribution < -0.4 is 11.2 Å². The van der Waals surface area contributed by atoms with Gasteiger partial charge in [-0.25, -0.2) is 4.79 Å². The molecule has 1 aromatic rings. The van der Waals surface area contributed by atoms with Gasteiger partial charge in [-0.15, -0.1) is 13.2 Å². The SMILES string of the molecule is C=C.C=Cc1[nH]c(=O)[nH]c(=O)c1C.CC.CF. The lowest BCUT2D eigenvalue weighted by molar-refractivity contribution is 0.636. The van der Waals surface area contributed by atoms with Crippen LogP contribution in [-0.4, -0.2) is 17.1 Å². The summed E-state index contributed by atoms with van der Waals surface area (Å²) in [6.45, 7) is 15.1. The van der Waals surface area contributed by atoms with Crippen LogP contribution in [0.2, 0.25) is 0 Å². The Morgan fingerprint density at radius 1 is 1.12 bits per heavy atom. The maximum absolute atomic E-state index is 10.9. The Hall–Kier alpha value is -1.91. The molecule has 17 heavy (non-hydrogen) atoms. The third-order valence-electron chi connectivity index (χ3n) is 1.42. The molecule has 0 aliphatic carbocycles. The fourth-order valence-corrected chi connectivity index (χ4v) is 0.771. The maximum atomic E-state index is 10.9. The minimum Gasteiger partial charge on any atom is -0.307 e. The molecule has 0 fully saturated rings. The summed E-state index contributed by atoms with van der Waals surface area (Å²) in [7, 11) is 0.500. The van der Waals surface area contributed by atoms with Crippen molar-refractivity contribution < 1.29 is 4.39 Å². The van der Waals surface area contributed by atoms with Crippen LogP contribution in [0.3, 0.4) is 0 Å². The van der Waals surface area contributed by atoms with Gasteiger partial charge in [0.05, 0.1) is 12.9 Å². The van der Waals surface area contributed by atoms with Gasteiger partial charge < -0.3 is 4.98 Å². The molecule has 1 aromatic heterocycles. The number of hydrogen-bond donors (Lipinski definition) is 2. The van der Waals surface area contributed by atoms with Crippen molar-refractivity contribution in [1.29, 1.82) is 0 Å². The standard InChI is InChI=1S/C7H8N2O2.C2H6.C2H4.CH3F/c1-3-5-4(2)6(10)9-7(11)8-5;3*1-2/h3H,1H2,2H3,(H2,8,9,10,11);1-2H3;1-2H2;1H3. The van der Waals surface area contributed by atoms with Crippen LogP contribution in [0, 0.1) is 6.92 Å². The monoisotopic (exact) mass is 244 g/mol. The third kappa shape index (κ3) is 7.96. The molecule has 0 spiro atoms. The predicted octanol–water partition coefficient (Wildman–Crippen LogP) is 2.43. The van der Waals surface area contributed by atoms with Crippen molar-refractivity contribution >= 4 is 6.08 Å². The van der Waals surface area contributed by atoms with E-state index in [9.17, 15) is 14.0 Å². The van der Waals surface area contributed by atoms with Crippen molar-refractivity contribution in [1.82, 2.24) is 9.97 Å². The van der Waals surface area contributed by atoms with Gasteiger partial charge in [0.2, 0.25) is 0 Å². The van der Waals surface area contributed by atoms with Gasteiger partial charge in [-0.1, -0.05) is 20.4 Å². The van der Waals surface area contributed by atoms with Crippen LogP contribution in [-0.2, 0) is 0 Å². The van der Waals surface area contributed by atoms with Crippen LogP contribution >= 0.6 is 0 Å². The molecule has 5 heteroatoms. The number of hydrogen-bond acceptors (Lipinski definition) is 2. The van der Waals surface area contributed by atoms with E-state index in [4.69, 9.17) is 0 Å². The van der Waals surface area contributed by atoms with E-state index in [1.54, 1.807) is 6.92 Å². The summed E-state index contributed by atoms with van der Waals surface area (Å²) in [4.78, 5) is 26.1. The Balaban J connectivity index is -0.000000285. The predicted molar refractivity (Wildman–Crippen MR) is 72.1 cm³/mol. The summed E-state index contributed by atoms with van der Waals surface area (Å²) in [5.41, 5.74) is 0.0671. The minimum atomic E-state index is -0.504. The summed E-state index contributed by atoms with van der Waals surface area (Å²) in [5, 5.41) is 0. The zero-order valence-electron chi connectivity index (χ0n) is 10.9. The zero-order chi connectivity index (χ0) is 14.4. The molecule has 1 rings (SSSR count). The van der Waals surface area contributed by atoms with Crippen molar-refractivity contribution in [2.75, 3.05) is 7.18 Å². The Morgan fingerprint density at radius 3 is 1.88 bits per heavy atom. The molecular weight excluding hydrogens is 223 g/mol. The molecule has 0 amide bonds. The zero-order valence-corrected chi connectivity index (χ0v) is 10.9. The van der Waals surface area contributed by atoms with E-state index in [1.807, 2.05) is 13.8 Å². The number of halogens is 1. The van der Waals surface area contributed by atoms with Gasteiger partial charge in [0, 0.05) is 5.56 Å². The summed E-state index contributed by atoms with van der Waals surface area (Å²) in [6.07, 6.45) is 1.44. The Bertz CT molecular complexity index is 408. The van der Waals surface area contributed by atoms with E-state index < -0.39 is 5.69 Å². The lowest BCUT2D eigenvalue weighted by Gasteiger charge is -1.95. The molecule has 1 heterocycles. The average molecular weight is 244 g/mol. The van der Waals surface area contributed by atoms with Crippen LogP contribution in [0.15, 0.2) is 29.3 Å². The van der Waals surface area contributed by atoms with Crippen LogP contribution in [0.4, 0.5) is 4.39 Å². The molecule has 0 radical (unpaired) electrons. The minimum absolute atomic E-state index is 0.372. The van der Waals surface area contributed by atoms with Gasteiger partial charge in [-0.2, -0.15) is 0 Å². The molecule has 0 saturated carbocycles. The smallest absolute Gasteiger partial charge is 0.307 e. The molecular formula is C12H21FN2O2. The van der Waals surface area contributed by atoms with Crippen molar-refractivity contribution in [2.24, 2.45) is 0 Å². The van der Waals surface area contributed by atoms with Gasteiger partial charge in [-0.3, -0.25) is 14.2 Å². The molecule has 4 nitrogen and oxygen atoms in total. The van der Waals surface area contributed by atoms with Crippen molar-refractivity contribution in [3.05, 3.63) is 51.8 Å². The average Bonchev–Trinajstić information content (AvgIpc) is 2.41.